The van der Waals surface area contributed by atoms with Crippen LogP contribution in [0.15, 0.2) is 18.2 Å². The molecule has 1 saturated heterocycles. The van der Waals surface area contributed by atoms with Crippen molar-refractivity contribution in [2.45, 2.75) is 19.8 Å². The van der Waals surface area contributed by atoms with E-state index in [1.54, 1.807) is 18.2 Å². The average Bonchev–Trinajstić information content (AvgIpc) is 2.37. The summed E-state index contributed by atoms with van der Waals surface area (Å²) in [6.07, 6.45) is 1.93. The molecule has 0 radical (unpaired) electrons. The number of hydrogen-bond acceptors (Lipinski definition) is 4. The van der Waals surface area contributed by atoms with Gasteiger partial charge in [-0.25, -0.2) is 4.79 Å². The van der Waals surface area contributed by atoms with Crippen LogP contribution in [-0.4, -0.2) is 25.8 Å². The number of hydrogen-bond donors (Lipinski definition) is 1. The summed E-state index contributed by atoms with van der Waals surface area (Å²) in [6, 6.07) is 5.22. The number of nitrogens with two attached hydrogens (primary N) is 1. The number of carbonyl (C=O) groups excluding carboxylic acids is 1. The van der Waals surface area contributed by atoms with E-state index in [4.69, 9.17) is 15.2 Å². The van der Waals surface area contributed by atoms with Crippen molar-refractivity contribution in [2.75, 3.05) is 25.6 Å². The summed E-state index contributed by atoms with van der Waals surface area (Å²) in [5.41, 5.74) is 7.76. The molecule has 18 heavy (non-hydrogen) atoms. The first-order valence-corrected chi connectivity index (χ1v) is 6.28. The van der Waals surface area contributed by atoms with E-state index in [1.165, 1.54) is 0 Å². The number of ether oxygens (including phenoxy) is 2. The minimum Gasteiger partial charge on any atom is -0.462 e. The van der Waals surface area contributed by atoms with Crippen LogP contribution in [0.3, 0.4) is 0 Å². The fourth-order valence-electron chi connectivity index (χ4n) is 2.10. The van der Waals surface area contributed by atoms with Crippen molar-refractivity contribution in [1.29, 1.82) is 0 Å². The zero-order valence-electron chi connectivity index (χ0n) is 10.6. The second-order valence-electron chi connectivity index (χ2n) is 4.73. The summed E-state index contributed by atoms with van der Waals surface area (Å²) >= 11 is 0. The molecular formula is C14H19NO3. The lowest BCUT2D eigenvalue weighted by Gasteiger charge is -2.21. The van der Waals surface area contributed by atoms with E-state index in [0.29, 0.717) is 23.8 Å². The summed E-state index contributed by atoms with van der Waals surface area (Å²) < 4.78 is 10.6. The molecule has 4 nitrogen and oxygen atoms in total. The summed E-state index contributed by atoms with van der Waals surface area (Å²) in [4.78, 5) is 11.9. The summed E-state index contributed by atoms with van der Waals surface area (Å²) in [7, 11) is 0. The molecule has 2 N–H and O–H groups in total. The maximum atomic E-state index is 11.9. The van der Waals surface area contributed by atoms with E-state index in [1.807, 2.05) is 6.92 Å². The molecule has 0 spiro atoms. The second-order valence-corrected chi connectivity index (χ2v) is 4.73. The van der Waals surface area contributed by atoms with Crippen LogP contribution in [0.2, 0.25) is 0 Å². The molecule has 1 fully saturated rings. The van der Waals surface area contributed by atoms with Gasteiger partial charge in [0, 0.05) is 18.9 Å². The maximum Gasteiger partial charge on any atom is 0.338 e. The quantitative estimate of drug-likeness (QED) is 0.658. The van der Waals surface area contributed by atoms with Crippen LogP contribution in [0.25, 0.3) is 0 Å². The topological polar surface area (TPSA) is 61.6 Å². The smallest absolute Gasteiger partial charge is 0.338 e. The highest BCUT2D eigenvalue weighted by Crippen LogP contribution is 2.17. The van der Waals surface area contributed by atoms with E-state index in [2.05, 4.69) is 0 Å². The first-order valence-electron chi connectivity index (χ1n) is 6.28. The molecule has 1 aromatic rings. The van der Waals surface area contributed by atoms with Crippen LogP contribution >= 0.6 is 0 Å². The third kappa shape index (κ3) is 3.23. The standard InChI is InChI=1S/C14H19NO3/c1-10-8-12(15)2-3-13(10)14(16)18-9-11-4-6-17-7-5-11/h2-3,8,11H,4-7,9,15H2,1H3. The Morgan fingerprint density at radius 3 is 2.83 bits per heavy atom. The number of carbonyl (C=O) groups is 1. The first-order chi connectivity index (χ1) is 8.66. The summed E-state index contributed by atoms with van der Waals surface area (Å²) in [5.74, 6) is 0.163. The zero-order valence-corrected chi connectivity index (χ0v) is 10.6. The molecule has 1 aliphatic rings. The van der Waals surface area contributed by atoms with E-state index in [9.17, 15) is 4.79 Å². The predicted molar refractivity (Wildman–Crippen MR) is 69.4 cm³/mol. The van der Waals surface area contributed by atoms with Crippen LogP contribution in [0.1, 0.15) is 28.8 Å². The third-order valence-electron chi connectivity index (χ3n) is 3.26. The molecule has 1 aromatic carbocycles. The van der Waals surface area contributed by atoms with Gasteiger partial charge in [0.1, 0.15) is 0 Å². The monoisotopic (exact) mass is 249 g/mol. The number of esters is 1. The number of nitrogen functional groups attached to an aromatic ring is 1. The van der Waals surface area contributed by atoms with Crippen molar-refractivity contribution in [1.82, 2.24) is 0 Å². The molecule has 0 aliphatic carbocycles. The number of anilines is 1. The van der Waals surface area contributed by atoms with Crippen molar-refractivity contribution >= 4 is 11.7 Å². The molecule has 1 aliphatic heterocycles. The summed E-state index contributed by atoms with van der Waals surface area (Å²) in [5, 5.41) is 0. The minimum atomic E-state index is -0.265. The van der Waals surface area contributed by atoms with Crippen molar-refractivity contribution < 1.29 is 14.3 Å². The van der Waals surface area contributed by atoms with Crippen molar-refractivity contribution in [3.63, 3.8) is 0 Å². The van der Waals surface area contributed by atoms with E-state index >= 15 is 0 Å². The molecular weight excluding hydrogens is 230 g/mol. The molecule has 1 heterocycles. The Bertz CT molecular complexity index is 425. The fourth-order valence-corrected chi connectivity index (χ4v) is 2.10. The summed E-state index contributed by atoms with van der Waals surface area (Å²) in [6.45, 7) is 3.87. The lowest BCUT2D eigenvalue weighted by atomic mass is 10.0. The lowest BCUT2D eigenvalue weighted by molar-refractivity contribution is 0.0185. The van der Waals surface area contributed by atoms with Gasteiger partial charge in [0.25, 0.3) is 0 Å². The molecule has 0 saturated carbocycles. The van der Waals surface area contributed by atoms with Gasteiger partial charge in [-0.15, -0.1) is 0 Å². The van der Waals surface area contributed by atoms with Gasteiger partial charge in [0.05, 0.1) is 12.2 Å². The van der Waals surface area contributed by atoms with E-state index in [0.717, 1.165) is 31.6 Å². The van der Waals surface area contributed by atoms with Crippen molar-refractivity contribution in [3.05, 3.63) is 29.3 Å². The Balaban J connectivity index is 1.90. The highest BCUT2D eigenvalue weighted by Gasteiger charge is 2.17. The van der Waals surface area contributed by atoms with E-state index in [-0.39, 0.29) is 5.97 Å². The Hall–Kier alpha value is -1.55. The van der Waals surface area contributed by atoms with Crippen molar-refractivity contribution in [2.24, 2.45) is 5.92 Å². The second kappa shape index (κ2) is 5.87. The van der Waals surface area contributed by atoms with Crippen LogP contribution < -0.4 is 5.73 Å². The molecule has 98 valence electrons. The Kier molecular flexibility index (Phi) is 4.20. The Morgan fingerprint density at radius 2 is 2.17 bits per heavy atom. The highest BCUT2D eigenvalue weighted by molar-refractivity contribution is 5.91. The van der Waals surface area contributed by atoms with Crippen LogP contribution in [-0.2, 0) is 9.47 Å². The molecule has 0 amide bonds. The third-order valence-corrected chi connectivity index (χ3v) is 3.26. The number of rotatable bonds is 3. The predicted octanol–water partition coefficient (Wildman–Crippen LogP) is 2.16. The average molecular weight is 249 g/mol. The molecule has 0 aromatic heterocycles. The van der Waals surface area contributed by atoms with Gasteiger partial charge in [-0.1, -0.05) is 0 Å². The van der Waals surface area contributed by atoms with Gasteiger partial charge in [0.15, 0.2) is 0 Å². The fraction of sp³-hybridized carbons (Fsp3) is 0.500. The molecule has 4 heteroatoms. The SMILES string of the molecule is Cc1cc(N)ccc1C(=O)OCC1CCOCC1. The largest absolute Gasteiger partial charge is 0.462 e. The van der Waals surface area contributed by atoms with Gasteiger partial charge in [-0.3, -0.25) is 0 Å². The van der Waals surface area contributed by atoms with Crippen LogP contribution in [0, 0.1) is 12.8 Å². The molecule has 0 atom stereocenters. The molecule has 0 bridgehead atoms. The van der Waals surface area contributed by atoms with Crippen molar-refractivity contribution in [3.8, 4) is 0 Å². The van der Waals surface area contributed by atoms with Crippen LogP contribution in [0.4, 0.5) is 5.69 Å². The Labute approximate surface area is 107 Å². The highest BCUT2D eigenvalue weighted by atomic mass is 16.5. The van der Waals surface area contributed by atoms with Gasteiger partial charge in [-0.2, -0.15) is 0 Å². The number of benzene rings is 1. The first kappa shape index (κ1) is 12.9. The van der Waals surface area contributed by atoms with Crippen LogP contribution in [0.5, 0.6) is 0 Å². The molecule has 0 unspecified atom stereocenters. The maximum absolute atomic E-state index is 11.9. The van der Waals surface area contributed by atoms with Gasteiger partial charge < -0.3 is 15.2 Å². The molecule has 2 rings (SSSR count). The lowest BCUT2D eigenvalue weighted by Crippen LogP contribution is -2.22. The zero-order chi connectivity index (χ0) is 13.0. The van der Waals surface area contributed by atoms with E-state index < -0.39 is 0 Å². The number of aryl methyl sites for hydroxylation is 1. The Morgan fingerprint density at radius 1 is 1.44 bits per heavy atom. The normalized spacial score (nSPS) is 16.5. The van der Waals surface area contributed by atoms with Gasteiger partial charge in [-0.05, 0) is 49.4 Å². The van der Waals surface area contributed by atoms with Gasteiger partial charge in [0.2, 0.25) is 0 Å². The van der Waals surface area contributed by atoms with Gasteiger partial charge >= 0.3 is 5.97 Å². The minimum absolute atomic E-state index is 0.265.